The number of nitrogen functional groups attached to an aromatic ring is 1. The Balaban J connectivity index is 1.89. The van der Waals surface area contributed by atoms with Crippen molar-refractivity contribution in [2.45, 2.75) is 0 Å². The van der Waals surface area contributed by atoms with Crippen LogP contribution in [0.3, 0.4) is 0 Å². The lowest BCUT2D eigenvalue weighted by Crippen LogP contribution is -2.14. The summed E-state index contributed by atoms with van der Waals surface area (Å²) >= 11 is 5.74. The van der Waals surface area contributed by atoms with Crippen LogP contribution < -0.4 is 20.5 Å². The van der Waals surface area contributed by atoms with Gasteiger partial charge in [-0.1, -0.05) is 11.6 Å². The van der Waals surface area contributed by atoms with Gasteiger partial charge in [0.15, 0.2) is 11.5 Å². The molecule has 0 radical (unpaired) electrons. The lowest BCUT2D eigenvalue weighted by Gasteiger charge is -2.09. The molecular formula is C14H10ClFN2O3. The highest BCUT2D eigenvalue weighted by molar-refractivity contribution is 6.31. The minimum Gasteiger partial charge on any atom is -0.454 e. The van der Waals surface area contributed by atoms with Gasteiger partial charge >= 0.3 is 0 Å². The Hall–Kier alpha value is -2.47. The SMILES string of the molecule is Nc1cc2c(cc1C(=O)Nc1cc(F)cc(Cl)c1)OCO2. The Morgan fingerprint density at radius 1 is 1.19 bits per heavy atom. The van der Waals surface area contributed by atoms with Crippen LogP contribution in [0, 0.1) is 5.82 Å². The van der Waals surface area contributed by atoms with E-state index < -0.39 is 11.7 Å². The maximum Gasteiger partial charge on any atom is 0.257 e. The average molecular weight is 309 g/mol. The molecule has 0 saturated carbocycles. The Morgan fingerprint density at radius 2 is 1.90 bits per heavy atom. The molecule has 0 aliphatic carbocycles. The van der Waals surface area contributed by atoms with Crippen LogP contribution in [-0.4, -0.2) is 12.7 Å². The number of fused-ring (bicyclic) bond motifs is 1. The summed E-state index contributed by atoms with van der Waals surface area (Å²) in [5.41, 5.74) is 6.49. The molecule has 3 N–H and O–H groups in total. The van der Waals surface area contributed by atoms with Crippen molar-refractivity contribution in [3.63, 3.8) is 0 Å². The maximum absolute atomic E-state index is 13.2. The Labute approximate surface area is 124 Å². The summed E-state index contributed by atoms with van der Waals surface area (Å²) < 4.78 is 23.6. The molecule has 5 nitrogen and oxygen atoms in total. The highest BCUT2D eigenvalue weighted by atomic mass is 35.5. The topological polar surface area (TPSA) is 73.6 Å². The van der Waals surface area contributed by atoms with E-state index in [1.165, 1.54) is 18.2 Å². The van der Waals surface area contributed by atoms with E-state index in [1.54, 1.807) is 0 Å². The van der Waals surface area contributed by atoms with Gasteiger partial charge in [0.25, 0.3) is 5.91 Å². The number of nitrogens with one attached hydrogen (secondary N) is 1. The van der Waals surface area contributed by atoms with Crippen LogP contribution in [0.25, 0.3) is 0 Å². The summed E-state index contributed by atoms with van der Waals surface area (Å²) in [6.45, 7) is 0.0827. The lowest BCUT2D eigenvalue weighted by atomic mass is 10.1. The highest BCUT2D eigenvalue weighted by Gasteiger charge is 2.20. The molecular weight excluding hydrogens is 299 g/mol. The van der Waals surface area contributed by atoms with Crippen molar-refractivity contribution in [3.8, 4) is 11.5 Å². The molecule has 0 bridgehead atoms. The van der Waals surface area contributed by atoms with E-state index in [9.17, 15) is 9.18 Å². The molecule has 0 saturated heterocycles. The van der Waals surface area contributed by atoms with Gasteiger partial charge in [-0.3, -0.25) is 4.79 Å². The summed E-state index contributed by atoms with van der Waals surface area (Å²) in [4.78, 5) is 12.2. The third kappa shape index (κ3) is 2.71. The number of hydrogen-bond donors (Lipinski definition) is 2. The van der Waals surface area contributed by atoms with Crippen molar-refractivity contribution in [1.29, 1.82) is 0 Å². The number of amides is 1. The number of carbonyl (C=O) groups excluding carboxylic acids is 1. The normalized spacial score (nSPS) is 12.3. The molecule has 1 aliphatic heterocycles. The van der Waals surface area contributed by atoms with E-state index in [0.717, 1.165) is 12.1 Å². The van der Waals surface area contributed by atoms with E-state index in [4.69, 9.17) is 26.8 Å². The standard InChI is InChI=1S/C14H10ClFN2O3/c15-7-1-8(16)3-9(2-7)18-14(19)10-4-12-13(5-11(10)17)21-6-20-12/h1-5H,6,17H2,(H,18,19). The van der Waals surface area contributed by atoms with Gasteiger partial charge in [-0.25, -0.2) is 4.39 Å². The van der Waals surface area contributed by atoms with E-state index in [2.05, 4.69) is 5.32 Å². The monoisotopic (exact) mass is 308 g/mol. The number of rotatable bonds is 2. The van der Waals surface area contributed by atoms with Gasteiger partial charge in [0.1, 0.15) is 5.82 Å². The van der Waals surface area contributed by atoms with Crippen molar-refractivity contribution in [3.05, 3.63) is 46.7 Å². The molecule has 1 amide bonds. The Morgan fingerprint density at radius 3 is 2.62 bits per heavy atom. The number of hydrogen-bond acceptors (Lipinski definition) is 4. The molecule has 1 aliphatic rings. The minimum atomic E-state index is -0.545. The number of carbonyl (C=O) groups is 1. The first kappa shape index (κ1) is 13.5. The van der Waals surface area contributed by atoms with Crippen molar-refractivity contribution in [1.82, 2.24) is 0 Å². The van der Waals surface area contributed by atoms with Crippen molar-refractivity contribution in [2.75, 3.05) is 17.8 Å². The molecule has 7 heteroatoms. The van der Waals surface area contributed by atoms with Crippen LogP contribution in [0.5, 0.6) is 11.5 Å². The van der Waals surface area contributed by atoms with E-state index in [0.29, 0.717) is 11.5 Å². The third-order valence-corrected chi connectivity index (χ3v) is 3.13. The molecule has 0 aromatic heterocycles. The fourth-order valence-electron chi connectivity index (χ4n) is 1.98. The summed E-state index contributed by atoms with van der Waals surface area (Å²) in [5, 5.41) is 2.72. The summed E-state index contributed by atoms with van der Waals surface area (Å²) in [6, 6.07) is 6.73. The minimum absolute atomic E-state index is 0.0827. The van der Waals surface area contributed by atoms with Crippen LogP contribution in [-0.2, 0) is 0 Å². The van der Waals surface area contributed by atoms with Crippen LogP contribution in [0.15, 0.2) is 30.3 Å². The summed E-state index contributed by atoms with van der Waals surface area (Å²) in [7, 11) is 0. The van der Waals surface area contributed by atoms with Crippen molar-refractivity contribution < 1.29 is 18.7 Å². The zero-order valence-corrected chi connectivity index (χ0v) is 11.4. The summed E-state index contributed by atoms with van der Waals surface area (Å²) in [5.74, 6) is -0.117. The van der Waals surface area contributed by atoms with Gasteiger partial charge in [0, 0.05) is 22.5 Å². The van der Waals surface area contributed by atoms with Gasteiger partial charge in [0.2, 0.25) is 6.79 Å². The van der Waals surface area contributed by atoms with E-state index in [-0.39, 0.29) is 28.8 Å². The third-order valence-electron chi connectivity index (χ3n) is 2.91. The molecule has 2 aromatic carbocycles. The molecule has 21 heavy (non-hydrogen) atoms. The van der Waals surface area contributed by atoms with Crippen molar-refractivity contribution in [2.24, 2.45) is 0 Å². The quantitative estimate of drug-likeness (QED) is 0.836. The zero-order valence-electron chi connectivity index (χ0n) is 10.7. The smallest absolute Gasteiger partial charge is 0.257 e. The fraction of sp³-hybridized carbons (Fsp3) is 0.0714. The lowest BCUT2D eigenvalue weighted by molar-refractivity contribution is 0.102. The number of nitrogens with two attached hydrogens (primary N) is 1. The predicted octanol–water partition coefficient (Wildman–Crippen LogP) is 3.04. The van der Waals surface area contributed by atoms with Gasteiger partial charge in [-0.15, -0.1) is 0 Å². The number of ether oxygens (including phenoxy) is 2. The molecule has 0 spiro atoms. The van der Waals surface area contributed by atoms with Gasteiger partial charge < -0.3 is 20.5 Å². The molecule has 0 unspecified atom stereocenters. The molecule has 0 atom stereocenters. The molecule has 1 heterocycles. The van der Waals surface area contributed by atoms with Crippen LogP contribution in [0.2, 0.25) is 5.02 Å². The Kier molecular flexibility index (Phi) is 3.31. The average Bonchev–Trinajstić information content (AvgIpc) is 2.83. The second kappa shape index (κ2) is 5.14. The van der Waals surface area contributed by atoms with E-state index >= 15 is 0 Å². The van der Waals surface area contributed by atoms with E-state index in [1.807, 2.05) is 0 Å². The number of anilines is 2. The van der Waals surface area contributed by atoms with Gasteiger partial charge in [-0.2, -0.15) is 0 Å². The highest BCUT2D eigenvalue weighted by Crippen LogP contribution is 2.36. The van der Waals surface area contributed by atoms with Crippen LogP contribution in [0.1, 0.15) is 10.4 Å². The van der Waals surface area contributed by atoms with Crippen LogP contribution in [0.4, 0.5) is 15.8 Å². The molecule has 108 valence electrons. The van der Waals surface area contributed by atoms with Gasteiger partial charge in [-0.05, 0) is 24.3 Å². The number of halogens is 2. The molecule has 3 rings (SSSR count). The molecule has 0 fully saturated rings. The first-order valence-electron chi connectivity index (χ1n) is 5.99. The second-order valence-electron chi connectivity index (χ2n) is 4.40. The van der Waals surface area contributed by atoms with Gasteiger partial charge in [0.05, 0.1) is 5.56 Å². The predicted molar refractivity (Wildman–Crippen MR) is 76.3 cm³/mol. The Bertz CT molecular complexity index is 716. The first-order valence-corrected chi connectivity index (χ1v) is 6.37. The zero-order chi connectivity index (χ0) is 15.0. The molecule has 2 aromatic rings. The largest absolute Gasteiger partial charge is 0.454 e. The van der Waals surface area contributed by atoms with Crippen molar-refractivity contribution >= 4 is 28.9 Å². The second-order valence-corrected chi connectivity index (χ2v) is 4.84. The van der Waals surface area contributed by atoms with Crippen LogP contribution >= 0.6 is 11.6 Å². The number of benzene rings is 2. The first-order chi connectivity index (χ1) is 10.0. The maximum atomic E-state index is 13.2. The summed E-state index contributed by atoms with van der Waals surface area (Å²) in [6.07, 6.45) is 0. The fourth-order valence-corrected chi connectivity index (χ4v) is 2.20.